The molecule has 2 aliphatic carbocycles. The van der Waals surface area contributed by atoms with E-state index >= 15 is 0 Å². The van der Waals surface area contributed by atoms with Crippen molar-refractivity contribution < 1.29 is 19.4 Å². The summed E-state index contributed by atoms with van der Waals surface area (Å²) in [5.74, 6) is -0.481. The van der Waals surface area contributed by atoms with Crippen molar-refractivity contribution in [3.8, 4) is 0 Å². The Hall–Kier alpha value is 0.290. The van der Waals surface area contributed by atoms with Gasteiger partial charge in [-0.1, -0.05) is 52.0 Å². The molecule has 0 bridgehead atoms. The van der Waals surface area contributed by atoms with Crippen LogP contribution in [0, 0.1) is 23.7 Å². The van der Waals surface area contributed by atoms with Crippen LogP contribution in [-0.2, 0) is 0 Å². The molecule has 0 nitrogen and oxygen atoms in total. The first kappa shape index (κ1) is 20.6. The van der Waals surface area contributed by atoms with Crippen LogP contribution in [0.2, 0.25) is 0 Å². The molecule has 0 heterocycles. The summed E-state index contributed by atoms with van der Waals surface area (Å²) in [5, 5.41) is -1.48. The molecule has 0 spiro atoms. The van der Waals surface area contributed by atoms with E-state index in [1.54, 1.807) is 0 Å². The van der Waals surface area contributed by atoms with Gasteiger partial charge in [-0.25, -0.2) is 0 Å². The van der Waals surface area contributed by atoms with E-state index in [2.05, 4.69) is 6.92 Å². The molecule has 24 heavy (non-hydrogen) atoms. The minimum atomic E-state index is -9.40. The van der Waals surface area contributed by atoms with Gasteiger partial charge in [0.25, 0.3) is 10.2 Å². The Bertz CT molecular complexity index is 407. The summed E-state index contributed by atoms with van der Waals surface area (Å²) in [6.07, 6.45) is 10.3. The molecular formula is C17H30ClF5S. The van der Waals surface area contributed by atoms with E-state index in [0.29, 0.717) is 24.7 Å². The topological polar surface area (TPSA) is 0 Å². The fourth-order valence-electron chi connectivity index (χ4n) is 4.77. The van der Waals surface area contributed by atoms with Crippen LogP contribution in [0.4, 0.5) is 19.4 Å². The lowest BCUT2D eigenvalue weighted by Crippen LogP contribution is -2.32. The van der Waals surface area contributed by atoms with E-state index in [4.69, 9.17) is 11.6 Å². The summed E-state index contributed by atoms with van der Waals surface area (Å²) in [6.45, 7) is 2.21. The van der Waals surface area contributed by atoms with Crippen LogP contribution in [0.25, 0.3) is 0 Å². The number of hydrogen-bond donors (Lipinski definition) is 0. The van der Waals surface area contributed by atoms with Crippen LogP contribution in [0.1, 0.15) is 71.1 Å². The molecule has 1 atom stereocenters. The molecule has 0 aromatic carbocycles. The molecule has 0 N–H and O–H groups in total. The molecule has 0 saturated heterocycles. The SMILES string of the molecule is CCCC1CCC(C2CCC(C(Cl)CS(F)(F)(F)(F)F)CC2)CC1. The third-order valence-electron chi connectivity index (χ3n) is 6.06. The Labute approximate surface area is 147 Å². The average Bonchev–Trinajstić information content (AvgIpc) is 2.45. The number of rotatable bonds is 6. The predicted molar refractivity (Wildman–Crippen MR) is 93.4 cm³/mol. The zero-order valence-electron chi connectivity index (χ0n) is 14.3. The van der Waals surface area contributed by atoms with Crippen molar-refractivity contribution in [2.75, 3.05) is 5.75 Å². The van der Waals surface area contributed by atoms with Gasteiger partial charge in [-0.2, -0.15) is 0 Å². The maximum Gasteiger partial charge on any atom is 0.287 e. The van der Waals surface area contributed by atoms with Crippen LogP contribution >= 0.6 is 21.8 Å². The minimum Gasteiger partial charge on any atom is -0.121 e. The van der Waals surface area contributed by atoms with Crippen LogP contribution < -0.4 is 0 Å². The van der Waals surface area contributed by atoms with Crippen LogP contribution in [0.3, 0.4) is 0 Å². The Morgan fingerprint density at radius 3 is 1.71 bits per heavy atom. The van der Waals surface area contributed by atoms with Gasteiger partial charge < -0.3 is 0 Å². The summed E-state index contributed by atoms with van der Waals surface area (Å²) >= 11 is 5.74. The zero-order valence-corrected chi connectivity index (χ0v) is 15.9. The fraction of sp³-hybridized carbons (Fsp3) is 1.00. The lowest BCUT2D eigenvalue weighted by molar-refractivity contribution is 0.142. The van der Waals surface area contributed by atoms with E-state index in [9.17, 15) is 19.4 Å². The largest absolute Gasteiger partial charge is 0.287 e. The maximum absolute atomic E-state index is 12.6. The first-order valence-electron chi connectivity index (χ1n) is 9.23. The van der Waals surface area contributed by atoms with E-state index in [1.165, 1.54) is 38.5 Å². The number of hydrogen-bond acceptors (Lipinski definition) is 0. The lowest BCUT2D eigenvalue weighted by atomic mass is 9.68. The standard InChI is InChI=1S/C17H30ClF5S/c1-2-3-13-4-6-14(7-5-13)15-8-10-16(11-9-15)17(18)12-24(19,20,21,22)23/h13-17H,2-12H2,1H3. The highest BCUT2D eigenvalue weighted by Crippen LogP contribution is 2.98. The quantitative estimate of drug-likeness (QED) is 0.313. The Morgan fingerprint density at radius 2 is 1.29 bits per heavy atom. The Kier molecular flexibility index (Phi) is 5.83. The van der Waals surface area contributed by atoms with E-state index in [1.807, 2.05) is 0 Å². The summed E-state index contributed by atoms with van der Waals surface area (Å²) < 4.78 is 63.0. The molecule has 2 rings (SSSR count). The van der Waals surface area contributed by atoms with Crippen molar-refractivity contribution in [1.29, 1.82) is 0 Å². The molecular weight excluding hydrogens is 367 g/mol. The third kappa shape index (κ3) is 6.89. The highest BCUT2D eigenvalue weighted by atomic mass is 35.5. The molecule has 0 aromatic rings. The normalized spacial score (nSPS) is 36.6. The molecule has 1 unspecified atom stereocenters. The van der Waals surface area contributed by atoms with E-state index in [0.717, 1.165) is 18.8 Å². The first-order chi connectivity index (χ1) is 10.9. The fourth-order valence-corrected chi connectivity index (χ4v) is 6.61. The van der Waals surface area contributed by atoms with Crippen molar-refractivity contribution >= 4 is 21.8 Å². The second-order valence-corrected chi connectivity index (χ2v) is 11.2. The van der Waals surface area contributed by atoms with Gasteiger partial charge in [-0.15, -0.1) is 11.6 Å². The van der Waals surface area contributed by atoms with Crippen molar-refractivity contribution in [3.63, 3.8) is 0 Å². The zero-order chi connectivity index (χ0) is 18.1. The summed E-state index contributed by atoms with van der Waals surface area (Å²) in [4.78, 5) is 0. The van der Waals surface area contributed by atoms with Gasteiger partial charge in [0.1, 0.15) is 5.75 Å². The van der Waals surface area contributed by atoms with Gasteiger partial charge in [0.2, 0.25) is 0 Å². The molecule has 7 heteroatoms. The molecule has 2 fully saturated rings. The molecule has 2 aliphatic rings. The van der Waals surface area contributed by atoms with Gasteiger partial charge in [0.15, 0.2) is 0 Å². The predicted octanol–water partition coefficient (Wildman–Crippen LogP) is 8.31. The minimum absolute atomic E-state index is 0.428. The van der Waals surface area contributed by atoms with E-state index in [-0.39, 0.29) is 0 Å². The second kappa shape index (κ2) is 6.79. The van der Waals surface area contributed by atoms with Gasteiger partial charge in [-0.05, 0) is 62.2 Å². The van der Waals surface area contributed by atoms with Crippen LogP contribution in [-0.4, -0.2) is 11.1 Å². The molecule has 146 valence electrons. The van der Waals surface area contributed by atoms with Crippen LogP contribution in [0.15, 0.2) is 0 Å². The highest BCUT2D eigenvalue weighted by molar-refractivity contribution is 8.45. The summed E-state index contributed by atoms with van der Waals surface area (Å²) in [5.41, 5.74) is 0. The Morgan fingerprint density at radius 1 is 0.833 bits per heavy atom. The van der Waals surface area contributed by atoms with Gasteiger partial charge in [0.05, 0.1) is 5.38 Å². The summed E-state index contributed by atoms with van der Waals surface area (Å²) in [6, 6.07) is 0. The first-order valence-corrected chi connectivity index (χ1v) is 11.8. The second-order valence-electron chi connectivity index (χ2n) is 8.06. The van der Waals surface area contributed by atoms with Crippen molar-refractivity contribution in [3.05, 3.63) is 0 Å². The molecule has 2 saturated carbocycles. The highest BCUT2D eigenvalue weighted by Gasteiger charge is 2.64. The monoisotopic (exact) mass is 396 g/mol. The molecule has 0 aromatic heterocycles. The number of halogens is 6. The smallest absolute Gasteiger partial charge is 0.121 e. The molecule has 0 amide bonds. The Balaban J connectivity index is 1.78. The number of alkyl halides is 1. The maximum atomic E-state index is 12.6. The lowest BCUT2D eigenvalue weighted by Gasteiger charge is -2.44. The van der Waals surface area contributed by atoms with Gasteiger partial charge >= 0.3 is 0 Å². The van der Waals surface area contributed by atoms with Crippen LogP contribution in [0.5, 0.6) is 0 Å². The van der Waals surface area contributed by atoms with E-state index < -0.39 is 27.3 Å². The van der Waals surface area contributed by atoms with Gasteiger partial charge in [-0.3, -0.25) is 0 Å². The molecule has 0 aliphatic heterocycles. The van der Waals surface area contributed by atoms with Crippen molar-refractivity contribution in [1.82, 2.24) is 0 Å². The molecule has 0 radical (unpaired) electrons. The van der Waals surface area contributed by atoms with Crippen molar-refractivity contribution in [2.24, 2.45) is 23.7 Å². The van der Waals surface area contributed by atoms with Crippen molar-refractivity contribution in [2.45, 2.75) is 76.5 Å². The summed E-state index contributed by atoms with van der Waals surface area (Å²) in [7, 11) is -9.40. The average molecular weight is 397 g/mol. The van der Waals surface area contributed by atoms with Gasteiger partial charge in [0, 0.05) is 0 Å². The third-order valence-corrected chi connectivity index (χ3v) is 7.74.